The van der Waals surface area contributed by atoms with Crippen molar-refractivity contribution in [1.29, 1.82) is 0 Å². The van der Waals surface area contributed by atoms with Crippen LogP contribution < -0.4 is 0 Å². The second-order valence-electron chi connectivity index (χ2n) is 15.0. The summed E-state index contributed by atoms with van der Waals surface area (Å²) in [4.78, 5) is 20.2. The van der Waals surface area contributed by atoms with E-state index in [4.69, 9.17) is 15.0 Å². The van der Waals surface area contributed by atoms with Crippen molar-refractivity contribution in [3.05, 3.63) is 197 Å². The van der Waals surface area contributed by atoms with Gasteiger partial charge >= 0.3 is 0 Å². The van der Waals surface area contributed by atoms with E-state index in [1.54, 1.807) is 0 Å². The first-order valence-electron chi connectivity index (χ1n) is 22.9. The Kier molecular flexibility index (Phi) is 16.3. The Hall–Kier alpha value is -6.44. The minimum absolute atomic E-state index is 0.0648. The first kappa shape index (κ1) is 45.1. The number of benzene rings is 4. The molecule has 314 valence electrons. The Balaban J connectivity index is 0.00000103. The molecule has 6 aromatic rings. The lowest BCUT2D eigenvalue weighted by Crippen LogP contribution is -2.10. The highest BCUT2D eigenvalue weighted by molar-refractivity contribution is 5.85. The molecule has 0 fully saturated rings. The standard InChI is InChI=1S/C52H44N4.3C2H6/c1-3-4-7-19-40(36-15-8-5-9-16-36)30-35(2)50-54-51(39-17-10-6-11-18-39)56-52(55-50)46-23-14-21-43-31-42-29-28-41(32-47(42)49(43)46)37-24-26-38(27-25-37)48-34-53-33-44-20-12-13-22-45(44)48;3*1-2/h5-6,8-18,20-26,28-30,32-35,38,42,47H,3,19,27,31H2,1-2H3;3*1-2H3/b40-30+;;;. The summed E-state index contributed by atoms with van der Waals surface area (Å²) in [5, 5.41) is 2.47. The van der Waals surface area contributed by atoms with E-state index in [-0.39, 0.29) is 11.8 Å². The highest BCUT2D eigenvalue weighted by Crippen LogP contribution is 2.48. The van der Waals surface area contributed by atoms with Gasteiger partial charge in [0.1, 0.15) is 5.82 Å². The third kappa shape index (κ3) is 10.2. The van der Waals surface area contributed by atoms with Gasteiger partial charge in [-0.05, 0) is 63.1 Å². The van der Waals surface area contributed by atoms with Crippen LogP contribution in [0.4, 0.5) is 0 Å². The smallest absolute Gasteiger partial charge is 0.164 e. The Morgan fingerprint density at radius 2 is 1.44 bits per heavy atom. The van der Waals surface area contributed by atoms with E-state index in [1.807, 2.05) is 72.1 Å². The molecule has 62 heavy (non-hydrogen) atoms. The summed E-state index contributed by atoms with van der Waals surface area (Å²) >= 11 is 0. The molecule has 3 aliphatic carbocycles. The van der Waals surface area contributed by atoms with E-state index >= 15 is 0 Å². The summed E-state index contributed by atoms with van der Waals surface area (Å²) < 4.78 is 0. The van der Waals surface area contributed by atoms with Gasteiger partial charge in [0.25, 0.3) is 0 Å². The third-order valence-electron chi connectivity index (χ3n) is 11.4. The molecule has 2 heterocycles. The van der Waals surface area contributed by atoms with Crippen molar-refractivity contribution in [2.75, 3.05) is 0 Å². The summed E-state index contributed by atoms with van der Waals surface area (Å²) in [6.07, 6.45) is 24.1. The number of hydrogen-bond donors (Lipinski definition) is 0. The Morgan fingerprint density at radius 1 is 0.726 bits per heavy atom. The molecule has 4 nitrogen and oxygen atoms in total. The van der Waals surface area contributed by atoms with Crippen LogP contribution in [0.1, 0.15) is 120 Å². The second-order valence-corrected chi connectivity index (χ2v) is 15.0. The molecular formula is C58H62N4. The van der Waals surface area contributed by atoms with E-state index in [2.05, 4.69) is 158 Å². The molecule has 2 aromatic heterocycles. The third-order valence-corrected chi connectivity index (χ3v) is 11.4. The number of rotatable bonds is 8. The number of allylic oxidation sites excluding steroid dienone is 10. The zero-order valence-corrected chi connectivity index (χ0v) is 37.9. The monoisotopic (exact) mass is 814 g/mol. The normalized spacial score (nSPS) is 17.5. The van der Waals surface area contributed by atoms with Crippen molar-refractivity contribution in [3.63, 3.8) is 0 Å². The predicted octanol–water partition coefficient (Wildman–Crippen LogP) is 15.2. The molecule has 0 spiro atoms. The van der Waals surface area contributed by atoms with Gasteiger partial charge in [-0.2, -0.15) is 0 Å². The SMILES string of the molecule is CC.CC.CC.CCC#CC/C(=C\C(C)c1nc(-c2ccccc2)nc(-c2cccc3c2C2C=C(C4=CCC(c5cncc6ccccc56)C=C4)C=CC2C3)n1)c1ccccc1. The maximum Gasteiger partial charge on any atom is 0.164 e. The first-order chi connectivity index (χ1) is 30.6. The van der Waals surface area contributed by atoms with Crippen LogP contribution in [-0.2, 0) is 6.42 Å². The molecular weight excluding hydrogens is 753 g/mol. The van der Waals surface area contributed by atoms with Gasteiger partial charge in [-0.1, -0.05) is 207 Å². The predicted molar refractivity (Wildman–Crippen MR) is 264 cm³/mol. The van der Waals surface area contributed by atoms with Crippen LogP contribution in [0.2, 0.25) is 0 Å². The molecule has 9 rings (SSSR count). The average molecular weight is 815 g/mol. The van der Waals surface area contributed by atoms with E-state index in [1.165, 1.54) is 49.7 Å². The molecule has 4 atom stereocenters. The van der Waals surface area contributed by atoms with Crippen LogP contribution in [-0.4, -0.2) is 19.9 Å². The van der Waals surface area contributed by atoms with E-state index < -0.39 is 0 Å². The lowest BCUT2D eigenvalue weighted by molar-refractivity contribution is 0.627. The molecule has 0 radical (unpaired) electrons. The minimum Gasteiger partial charge on any atom is -0.264 e. The molecule has 4 unspecified atom stereocenters. The second kappa shape index (κ2) is 22.4. The van der Waals surface area contributed by atoms with Gasteiger partial charge in [0, 0.05) is 59.5 Å². The average Bonchev–Trinajstić information content (AvgIpc) is 3.74. The summed E-state index contributed by atoms with van der Waals surface area (Å²) in [5.41, 5.74) is 11.0. The highest BCUT2D eigenvalue weighted by atomic mass is 15.0. The Labute approximate surface area is 371 Å². The number of hydrogen-bond acceptors (Lipinski definition) is 4. The van der Waals surface area contributed by atoms with Crippen molar-refractivity contribution >= 4 is 16.3 Å². The van der Waals surface area contributed by atoms with Gasteiger partial charge in [-0.25, -0.2) is 15.0 Å². The molecule has 0 amide bonds. The number of fused-ring (bicyclic) bond motifs is 4. The molecule has 3 aliphatic rings. The molecule has 0 aliphatic heterocycles. The molecule has 4 heteroatoms. The van der Waals surface area contributed by atoms with Gasteiger partial charge in [0.2, 0.25) is 0 Å². The van der Waals surface area contributed by atoms with Gasteiger partial charge in [-0.3, -0.25) is 4.98 Å². The maximum absolute atomic E-state index is 5.29. The van der Waals surface area contributed by atoms with E-state index in [0.29, 0.717) is 24.1 Å². The number of nitrogens with zero attached hydrogens (tertiary/aromatic N) is 4. The van der Waals surface area contributed by atoms with Crippen LogP contribution in [0.25, 0.3) is 39.1 Å². The fraction of sp³-hybridized carbons (Fsp3) is 0.276. The van der Waals surface area contributed by atoms with Gasteiger partial charge in [0.05, 0.1) is 0 Å². The highest BCUT2D eigenvalue weighted by Gasteiger charge is 2.35. The zero-order valence-electron chi connectivity index (χ0n) is 37.9. The van der Waals surface area contributed by atoms with Crippen molar-refractivity contribution in [3.8, 4) is 34.6 Å². The number of aromatic nitrogens is 4. The summed E-state index contributed by atoms with van der Waals surface area (Å²) in [5.74, 6) is 9.67. The lowest BCUT2D eigenvalue weighted by atomic mass is 9.80. The molecule has 0 saturated carbocycles. The molecule has 4 aromatic carbocycles. The molecule has 0 bridgehead atoms. The van der Waals surface area contributed by atoms with Crippen molar-refractivity contribution in [2.24, 2.45) is 5.92 Å². The van der Waals surface area contributed by atoms with Crippen LogP contribution in [0.5, 0.6) is 0 Å². The van der Waals surface area contributed by atoms with Gasteiger partial charge < -0.3 is 0 Å². The molecule has 0 N–H and O–H groups in total. The fourth-order valence-corrected chi connectivity index (χ4v) is 8.54. The fourth-order valence-electron chi connectivity index (χ4n) is 8.54. The largest absolute Gasteiger partial charge is 0.264 e. The lowest BCUT2D eigenvalue weighted by Gasteiger charge is -2.24. The van der Waals surface area contributed by atoms with Crippen LogP contribution in [0, 0.1) is 17.8 Å². The minimum atomic E-state index is -0.0648. The van der Waals surface area contributed by atoms with Crippen molar-refractivity contribution < 1.29 is 0 Å². The maximum atomic E-state index is 5.29. The zero-order chi connectivity index (χ0) is 43.8. The van der Waals surface area contributed by atoms with Crippen LogP contribution >= 0.6 is 0 Å². The summed E-state index contributed by atoms with van der Waals surface area (Å²) in [6, 6.07) is 36.0. The van der Waals surface area contributed by atoms with Crippen molar-refractivity contribution in [1.82, 2.24) is 19.9 Å². The molecule has 0 saturated heterocycles. The number of pyridine rings is 1. The van der Waals surface area contributed by atoms with Gasteiger partial charge in [0.15, 0.2) is 11.6 Å². The van der Waals surface area contributed by atoms with Crippen LogP contribution in [0.3, 0.4) is 0 Å². The summed E-state index contributed by atoms with van der Waals surface area (Å²) in [6.45, 7) is 16.3. The van der Waals surface area contributed by atoms with E-state index in [0.717, 1.165) is 42.0 Å². The van der Waals surface area contributed by atoms with E-state index in [9.17, 15) is 0 Å². The summed E-state index contributed by atoms with van der Waals surface area (Å²) in [7, 11) is 0. The quantitative estimate of drug-likeness (QED) is 0.144. The Bertz CT molecular complexity index is 2630. The Morgan fingerprint density at radius 3 is 2.18 bits per heavy atom. The van der Waals surface area contributed by atoms with Crippen molar-refractivity contribution in [2.45, 2.75) is 98.8 Å². The first-order valence-corrected chi connectivity index (χ1v) is 22.9. The van der Waals surface area contributed by atoms with Gasteiger partial charge in [-0.15, -0.1) is 5.92 Å². The van der Waals surface area contributed by atoms with Crippen LogP contribution in [0.15, 0.2) is 169 Å². The topological polar surface area (TPSA) is 51.6 Å².